The summed E-state index contributed by atoms with van der Waals surface area (Å²) in [4.78, 5) is 5.04. The van der Waals surface area contributed by atoms with Crippen molar-refractivity contribution in [2.24, 2.45) is 0 Å². The Morgan fingerprint density at radius 3 is 2.17 bits per heavy atom. The highest BCUT2D eigenvalue weighted by molar-refractivity contribution is 5.81. The van der Waals surface area contributed by atoms with Crippen LogP contribution in [-0.2, 0) is 5.41 Å². The number of benzene rings is 2. The number of aryl methyl sites for hydroxylation is 1. The molecule has 0 amide bonds. The standard InChI is InChI=1S/C25H28N4/c1-17(19-12-8-6-9-13-19)26-22-16-21(25(3,4)5)27-24-23(18(2)28-29(22)24)20-14-10-7-11-15-20/h6-17,26H,1-5H3/t17-/m1/s1. The highest BCUT2D eigenvalue weighted by Gasteiger charge is 2.22. The largest absolute Gasteiger partial charge is 0.363 e. The lowest BCUT2D eigenvalue weighted by Crippen LogP contribution is -2.17. The highest BCUT2D eigenvalue weighted by Crippen LogP contribution is 2.32. The van der Waals surface area contributed by atoms with E-state index < -0.39 is 0 Å². The van der Waals surface area contributed by atoms with Crippen LogP contribution >= 0.6 is 0 Å². The van der Waals surface area contributed by atoms with E-state index in [9.17, 15) is 0 Å². The molecule has 0 fully saturated rings. The molecule has 0 saturated heterocycles. The smallest absolute Gasteiger partial charge is 0.165 e. The molecule has 0 bridgehead atoms. The van der Waals surface area contributed by atoms with Gasteiger partial charge in [0, 0.05) is 23.1 Å². The number of rotatable bonds is 4. The Labute approximate surface area is 172 Å². The molecule has 0 aliphatic rings. The molecule has 148 valence electrons. The predicted molar refractivity (Wildman–Crippen MR) is 120 cm³/mol. The average Bonchev–Trinajstić information content (AvgIpc) is 3.04. The molecule has 4 rings (SSSR count). The van der Waals surface area contributed by atoms with Crippen LogP contribution in [0.2, 0.25) is 0 Å². The maximum atomic E-state index is 5.04. The fraction of sp³-hybridized carbons (Fsp3) is 0.280. The van der Waals surface area contributed by atoms with E-state index in [-0.39, 0.29) is 11.5 Å². The van der Waals surface area contributed by atoms with Crippen molar-refractivity contribution in [3.63, 3.8) is 0 Å². The van der Waals surface area contributed by atoms with E-state index in [1.54, 1.807) is 0 Å². The molecule has 4 aromatic rings. The minimum atomic E-state index is -0.0691. The van der Waals surface area contributed by atoms with Crippen LogP contribution in [0.5, 0.6) is 0 Å². The number of nitrogens with one attached hydrogen (secondary N) is 1. The second kappa shape index (κ2) is 7.36. The fourth-order valence-electron chi connectivity index (χ4n) is 3.60. The fourth-order valence-corrected chi connectivity index (χ4v) is 3.60. The molecule has 29 heavy (non-hydrogen) atoms. The van der Waals surface area contributed by atoms with Crippen LogP contribution < -0.4 is 5.32 Å². The molecule has 4 heteroatoms. The normalized spacial score (nSPS) is 12.9. The lowest BCUT2D eigenvalue weighted by molar-refractivity contribution is 0.568. The van der Waals surface area contributed by atoms with Crippen molar-refractivity contribution in [1.29, 1.82) is 0 Å². The number of hydrogen-bond donors (Lipinski definition) is 1. The summed E-state index contributed by atoms with van der Waals surface area (Å²) >= 11 is 0. The van der Waals surface area contributed by atoms with E-state index >= 15 is 0 Å². The number of hydrogen-bond acceptors (Lipinski definition) is 3. The zero-order chi connectivity index (χ0) is 20.6. The molecule has 0 saturated carbocycles. The van der Waals surface area contributed by atoms with Gasteiger partial charge in [0.1, 0.15) is 5.82 Å². The first-order valence-corrected chi connectivity index (χ1v) is 10.1. The monoisotopic (exact) mass is 384 g/mol. The third-order valence-electron chi connectivity index (χ3n) is 5.26. The van der Waals surface area contributed by atoms with Crippen molar-refractivity contribution < 1.29 is 0 Å². The van der Waals surface area contributed by atoms with E-state index in [0.717, 1.165) is 34.0 Å². The van der Waals surface area contributed by atoms with E-state index in [4.69, 9.17) is 10.1 Å². The average molecular weight is 385 g/mol. The Morgan fingerprint density at radius 2 is 1.55 bits per heavy atom. The molecule has 0 spiro atoms. The van der Waals surface area contributed by atoms with Crippen LogP contribution in [0.4, 0.5) is 5.82 Å². The molecular formula is C25H28N4. The van der Waals surface area contributed by atoms with Gasteiger partial charge in [0.25, 0.3) is 0 Å². The first-order chi connectivity index (χ1) is 13.8. The van der Waals surface area contributed by atoms with Gasteiger partial charge in [0.15, 0.2) is 5.65 Å². The second-order valence-corrected chi connectivity index (χ2v) is 8.62. The number of aromatic nitrogens is 3. The van der Waals surface area contributed by atoms with Crippen molar-refractivity contribution in [3.05, 3.63) is 83.7 Å². The van der Waals surface area contributed by atoms with Crippen molar-refractivity contribution in [1.82, 2.24) is 14.6 Å². The summed E-state index contributed by atoms with van der Waals surface area (Å²) in [6.45, 7) is 10.8. The molecule has 2 aromatic carbocycles. The Morgan fingerprint density at radius 1 is 0.931 bits per heavy atom. The zero-order valence-corrected chi connectivity index (χ0v) is 17.8. The quantitative estimate of drug-likeness (QED) is 0.457. The van der Waals surface area contributed by atoms with Crippen molar-refractivity contribution in [3.8, 4) is 11.1 Å². The number of fused-ring (bicyclic) bond motifs is 1. The van der Waals surface area contributed by atoms with Gasteiger partial charge in [-0.15, -0.1) is 0 Å². The molecule has 1 N–H and O–H groups in total. The predicted octanol–water partition coefficient (Wildman–Crippen LogP) is 6.18. The summed E-state index contributed by atoms with van der Waals surface area (Å²) < 4.78 is 1.95. The molecule has 0 radical (unpaired) electrons. The van der Waals surface area contributed by atoms with Crippen LogP contribution in [0.25, 0.3) is 16.8 Å². The van der Waals surface area contributed by atoms with Crippen LogP contribution in [-0.4, -0.2) is 14.6 Å². The number of anilines is 1. The van der Waals surface area contributed by atoms with E-state index in [1.807, 2.05) is 16.6 Å². The minimum absolute atomic E-state index is 0.0691. The molecule has 0 aliphatic heterocycles. The minimum Gasteiger partial charge on any atom is -0.363 e. The maximum absolute atomic E-state index is 5.04. The summed E-state index contributed by atoms with van der Waals surface area (Å²) in [6.07, 6.45) is 0. The highest BCUT2D eigenvalue weighted by atomic mass is 15.3. The Balaban J connectivity index is 1.90. The maximum Gasteiger partial charge on any atom is 0.165 e. The summed E-state index contributed by atoms with van der Waals surface area (Å²) in [6, 6.07) is 23.1. The van der Waals surface area contributed by atoms with Gasteiger partial charge in [-0.25, -0.2) is 4.98 Å². The molecular weight excluding hydrogens is 356 g/mol. The van der Waals surface area contributed by atoms with Gasteiger partial charge >= 0.3 is 0 Å². The molecule has 2 aromatic heterocycles. The molecule has 0 unspecified atom stereocenters. The van der Waals surface area contributed by atoms with E-state index in [2.05, 4.69) is 94.5 Å². The topological polar surface area (TPSA) is 42.2 Å². The lowest BCUT2D eigenvalue weighted by Gasteiger charge is -2.22. The van der Waals surface area contributed by atoms with Crippen LogP contribution in [0.3, 0.4) is 0 Å². The van der Waals surface area contributed by atoms with Gasteiger partial charge in [-0.3, -0.25) is 0 Å². The first kappa shape index (κ1) is 19.2. The third-order valence-corrected chi connectivity index (χ3v) is 5.26. The van der Waals surface area contributed by atoms with Crippen LogP contribution in [0, 0.1) is 6.92 Å². The summed E-state index contributed by atoms with van der Waals surface area (Å²) in [5.74, 6) is 0.960. The third kappa shape index (κ3) is 3.75. The molecule has 4 nitrogen and oxygen atoms in total. The second-order valence-electron chi connectivity index (χ2n) is 8.62. The first-order valence-electron chi connectivity index (χ1n) is 10.1. The Hall–Kier alpha value is -3.14. The van der Waals surface area contributed by atoms with Crippen molar-refractivity contribution in [2.45, 2.75) is 46.1 Å². The Kier molecular flexibility index (Phi) is 4.87. The van der Waals surface area contributed by atoms with Crippen molar-refractivity contribution >= 4 is 11.5 Å². The van der Waals surface area contributed by atoms with Gasteiger partial charge in [-0.1, -0.05) is 81.4 Å². The molecule has 2 heterocycles. The molecule has 1 atom stereocenters. The molecule has 0 aliphatic carbocycles. The van der Waals surface area contributed by atoms with Gasteiger partial charge in [-0.2, -0.15) is 9.61 Å². The number of nitrogens with zero attached hydrogens (tertiary/aromatic N) is 3. The summed E-state index contributed by atoms with van der Waals surface area (Å²) in [5, 5.41) is 8.52. The van der Waals surface area contributed by atoms with Gasteiger partial charge in [0.2, 0.25) is 0 Å². The van der Waals surface area contributed by atoms with Gasteiger partial charge in [-0.05, 0) is 25.0 Å². The zero-order valence-electron chi connectivity index (χ0n) is 17.8. The van der Waals surface area contributed by atoms with Crippen LogP contribution in [0.1, 0.15) is 50.7 Å². The van der Waals surface area contributed by atoms with E-state index in [1.165, 1.54) is 5.56 Å². The van der Waals surface area contributed by atoms with Gasteiger partial charge in [0.05, 0.1) is 11.4 Å². The van der Waals surface area contributed by atoms with Crippen molar-refractivity contribution in [2.75, 3.05) is 5.32 Å². The lowest BCUT2D eigenvalue weighted by atomic mass is 9.91. The Bertz CT molecular complexity index is 1120. The SMILES string of the molecule is Cc1nn2c(N[C@H](C)c3ccccc3)cc(C(C)(C)C)nc2c1-c1ccccc1. The summed E-state index contributed by atoms with van der Waals surface area (Å²) in [7, 11) is 0. The van der Waals surface area contributed by atoms with Gasteiger partial charge < -0.3 is 5.32 Å². The van der Waals surface area contributed by atoms with E-state index in [0.29, 0.717) is 0 Å². The van der Waals surface area contributed by atoms with Crippen LogP contribution in [0.15, 0.2) is 66.7 Å². The summed E-state index contributed by atoms with van der Waals surface area (Å²) in [5.41, 5.74) is 6.31.